The van der Waals surface area contributed by atoms with E-state index in [1.165, 1.54) is 45.7 Å². The van der Waals surface area contributed by atoms with E-state index >= 15 is 0 Å². The molecule has 34 heavy (non-hydrogen) atoms. The molecule has 5 rings (SSSR count). The Morgan fingerprint density at radius 2 is 1.94 bits per heavy atom. The second kappa shape index (κ2) is 8.77. The lowest BCUT2D eigenvalue weighted by molar-refractivity contribution is -0.118. The van der Waals surface area contributed by atoms with Gasteiger partial charge in [0.2, 0.25) is 5.91 Å². The molecule has 0 bridgehead atoms. The van der Waals surface area contributed by atoms with Gasteiger partial charge in [0.05, 0.1) is 17.3 Å². The summed E-state index contributed by atoms with van der Waals surface area (Å²) in [6.45, 7) is 1.60. The molecule has 10 heteroatoms. The minimum absolute atomic E-state index is 0.366. The Hall–Kier alpha value is -3.37. The second-order valence-corrected chi connectivity index (χ2v) is 10.2. The first-order chi connectivity index (χ1) is 16.3. The summed E-state index contributed by atoms with van der Waals surface area (Å²) in [5.41, 5.74) is 7.89. The number of benzene rings is 1. The summed E-state index contributed by atoms with van der Waals surface area (Å²) in [5.74, 6) is -1.37. The molecule has 0 fully saturated rings. The first-order valence-corrected chi connectivity index (χ1v) is 12.5. The molecule has 0 aliphatic heterocycles. The molecule has 3 N–H and O–H groups in total. The number of nitrogens with two attached hydrogens (primary N) is 1. The number of thiophene rings is 2. The van der Waals surface area contributed by atoms with Crippen LogP contribution in [0.3, 0.4) is 0 Å². The third kappa shape index (κ3) is 3.82. The topological polar surface area (TPSA) is 107 Å². The number of halogens is 1. The highest BCUT2D eigenvalue weighted by Crippen LogP contribution is 2.38. The maximum atomic E-state index is 13.4. The van der Waals surface area contributed by atoms with E-state index in [0.29, 0.717) is 31.9 Å². The molecule has 1 atom stereocenters. The Balaban J connectivity index is 1.49. The van der Waals surface area contributed by atoms with E-state index < -0.39 is 17.9 Å². The van der Waals surface area contributed by atoms with E-state index in [0.717, 1.165) is 36.1 Å². The number of hydrogen-bond donors (Lipinski definition) is 2. The average Bonchev–Trinajstić information content (AvgIpc) is 3.41. The quantitative estimate of drug-likeness (QED) is 0.424. The fourth-order valence-corrected chi connectivity index (χ4v) is 6.52. The molecular weight excluding hydrogens is 475 g/mol. The van der Waals surface area contributed by atoms with Gasteiger partial charge in [-0.3, -0.25) is 19.0 Å². The molecule has 2 amide bonds. The van der Waals surface area contributed by atoms with Crippen LogP contribution in [0.5, 0.6) is 0 Å². The highest BCUT2D eigenvalue weighted by Gasteiger charge is 2.27. The number of amides is 2. The molecule has 4 aromatic rings. The Labute approximate surface area is 202 Å². The van der Waals surface area contributed by atoms with Gasteiger partial charge in [0.25, 0.3) is 11.5 Å². The summed E-state index contributed by atoms with van der Waals surface area (Å²) in [7, 11) is 0. The molecule has 0 radical (unpaired) electrons. The van der Waals surface area contributed by atoms with Gasteiger partial charge < -0.3 is 11.1 Å². The fraction of sp³-hybridized carbons (Fsp3) is 0.250. The number of carbonyl (C=O) groups is 2. The molecule has 1 aliphatic carbocycles. The predicted octanol–water partition coefficient (Wildman–Crippen LogP) is 4.50. The van der Waals surface area contributed by atoms with Gasteiger partial charge in [-0.1, -0.05) is 12.1 Å². The third-order valence-electron chi connectivity index (χ3n) is 6.13. The summed E-state index contributed by atoms with van der Waals surface area (Å²) in [5, 5.41) is 5.43. The van der Waals surface area contributed by atoms with Gasteiger partial charge in [0, 0.05) is 15.8 Å². The zero-order valence-corrected chi connectivity index (χ0v) is 19.9. The monoisotopic (exact) mass is 496 g/mol. The van der Waals surface area contributed by atoms with Crippen molar-refractivity contribution < 1.29 is 14.0 Å². The number of aromatic nitrogens is 2. The van der Waals surface area contributed by atoms with Crippen molar-refractivity contribution in [2.24, 2.45) is 5.73 Å². The van der Waals surface area contributed by atoms with Gasteiger partial charge in [0.15, 0.2) is 0 Å². The minimum Gasteiger partial charge on any atom is -0.365 e. The summed E-state index contributed by atoms with van der Waals surface area (Å²) in [6, 6.07) is 4.99. The maximum absolute atomic E-state index is 13.4. The lowest BCUT2D eigenvalue weighted by Crippen LogP contribution is -2.32. The number of anilines is 1. The average molecular weight is 497 g/mol. The van der Waals surface area contributed by atoms with Crippen LogP contribution < -0.4 is 16.6 Å². The Morgan fingerprint density at radius 1 is 1.21 bits per heavy atom. The van der Waals surface area contributed by atoms with Crippen LogP contribution in [0.25, 0.3) is 21.3 Å². The number of primary amides is 1. The van der Waals surface area contributed by atoms with Gasteiger partial charge in [-0.25, -0.2) is 9.37 Å². The smallest absolute Gasteiger partial charge is 0.263 e. The second-order valence-electron chi connectivity index (χ2n) is 8.24. The van der Waals surface area contributed by atoms with Gasteiger partial charge in [-0.15, -0.1) is 22.7 Å². The van der Waals surface area contributed by atoms with Crippen molar-refractivity contribution in [1.29, 1.82) is 0 Å². The summed E-state index contributed by atoms with van der Waals surface area (Å²) >= 11 is 2.69. The van der Waals surface area contributed by atoms with Crippen molar-refractivity contribution in [3.8, 4) is 11.1 Å². The highest BCUT2D eigenvalue weighted by molar-refractivity contribution is 7.17. The number of carbonyl (C=O) groups excluding carboxylic acids is 2. The van der Waals surface area contributed by atoms with E-state index in [2.05, 4.69) is 10.3 Å². The number of nitrogens with one attached hydrogen (secondary N) is 1. The molecule has 3 heterocycles. The molecule has 7 nitrogen and oxygen atoms in total. The van der Waals surface area contributed by atoms with E-state index in [4.69, 9.17) is 5.73 Å². The van der Waals surface area contributed by atoms with Crippen molar-refractivity contribution in [3.63, 3.8) is 0 Å². The molecule has 0 spiro atoms. The van der Waals surface area contributed by atoms with Crippen LogP contribution >= 0.6 is 22.7 Å². The van der Waals surface area contributed by atoms with E-state index in [1.807, 2.05) is 0 Å². The number of hydrogen-bond acceptors (Lipinski definition) is 6. The first-order valence-electron chi connectivity index (χ1n) is 10.8. The SMILES string of the molecule is CC(C(=O)Nc1sc2c(c1C(N)=O)CCCC2)n1cnc2scc(-c3ccc(F)cc3)c2c1=O. The van der Waals surface area contributed by atoms with Crippen LogP contribution in [-0.2, 0) is 17.6 Å². The van der Waals surface area contributed by atoms with E-state index in [1.54, 1.807) is 24.4 Å². The molecule has 3 aromatic heterocycles. The third-order valence-corrected chi connectivity index (χ3v) is 8.22. The van der Waals surface area contributed by atoms with Crippen LogP contribution in [-0.4, -0.2) is 21.4 Å². The molecule has 1 unspecified atom stereocenters. The molecular formula is C24H21FN4O3S2. The number of nitrogens with zero attached hydrogens (tertiary/aromatic N) is 2. The lowest BCUT2D eigenvalue weighted by atomic mass is 9.95. The van der Waals surface area contributed by atoms with Gasteiger partial charge in [0.1, 0.15) is 21.7 Å². The van der Waals surface area contributed by atoms with E-state index in [9.17, 15) is 18.8 Å². The molecule has 1 aliphatic rings. The van der Waals surface area contributed by atoms with Crippen LogP contribution in [0, 0.1) is 5.82 Å². The highest BCUT2D eigenvalue weighted by atomic mass is 32.1. The number of aryl methyl sites for hydroxylation is 1. The van der Waals surface area contributed by atoms with Crippen LogP contribution in [0.1, 0.15) is 46.6 Å². The summed E-state index contributed by atoms with van der Waals surface area (Å²) in [6.07, 6.45) is 4.99. The van der Waals surface area contributed by atoms with Crippen LogP contribution in [0.15, 0.2) is 40.8 Å². The molecule has 174 valence electrons. The molecule has 0 saturated heterocycles. The standard InChI is InChI=1S/C24H21FN4O3S2/c1-12(21(31)28-23-18(20(26)30)15-4-2-3-5-17(15)34-23)29-11-27-22-19(24(29)32)16(10-33-22)13-6-8-14(25)9-7-13/h6-12H,2-5H2,1H3,(H2,26,30)(H,28,31). The fourth-order valence-electron chi connectivity index (χ4n) is 4.32. The van der Waals surface area contributed by atoms with Crippen molar-refractivity contribution in [2.75, 3.05) is 5.32 Å². The van der Waals surface area contributed by atoms with Gasteiger partial charge in [-0.2, -0.15) is 0 Å². The van der Waals surface area contributed by atoms with E-state index in [-0.39, 0.29) is 11.4 Å². The summed E-state index contributed by atoms with van der Waals surface area (Å²) < 4.78 is 14.6. The summed E-state index contributed by atoms with van der Waals surface area (Å²) in [4.78, 5) is 44.6. The van der Waals surface area contributed by atoms with Crippen molar-refractivity contribution >= 4 is 49.7 Å². The number of fused-ring (bicyclic) bond motifs is 2. The predicted molar refractivity (Wildman–Crippen MR) is 132 cm³/mol. The minimum atomic E-state index is -0.884. The Bertz CT molecular complexity index is 1490. The molecule has 1 aromatic carbocycles. The maximum Gasteiger partial charge on any atom is 0.263 e. The zero-order valence-electron chi connectivity index (χ0n) is 18.3. The largest absolute Gasteiger partial charge is 0.365 e. The zero-order chi connectivity index (χ0) is 24.0. The van der Waals surface area contributed by atoms with Crippen molar-refractivity contribution in [2.45, 2.75) is 38.6 Å². The lowest BCUT2D eigenvalue weighted by Gasteiger charge is -2.15. The Morgan fingerprint density at radius 3 is 2.68 bits per heavy atom. The van der Waals surface area contributed by atoms with Crippen LogP contribution in [0.4, 0.5) is 9.39 Å². The van der Waals surface area contributed by atoms with Crippen LogP contribution in [0.2, 0.25) is 0 Å². The van der Waals surface area contributed by atoms with Crippen molar-refractivity contribution in [3.05, 3.63) is 68.1 Å². The van der Waals surface area contributed by atoms with Crippen molar-refractivity contribution in [1.82, 2.24) is 9.55 Å². The first kappa shape index (κ1) is 22.4. The van der Waals surface area contributed by atoms with Gasteiger partial charge in [-0.05, 0) is 55.9 Å². The number of rotatable bonds is 5. The normalized spacial score (nSPS) is 14.1. The Kier molecular flexibility index (Phi) is 5.78. The molecule has 0 saturated carbocycles. The van der Waals surface area contributed by atoms with Gasteiger partial charge >= 0.3 is 0 Å².